The summed E-state index contributed by atoms with van der Waals surface area (Å²) >= 11 is 0. The highest BCUT2D eigenvalue weighted by Crippen LogP contribution is 2.30. The lowest BCUT2D eigenvalue weighted by Gasteiger charge is -2.39. The number of carbonyl (C=O) groups excluding carboxylic acids is 1. The molecule has 4 rings (SSSR count). The van der Waals surface area contributed by atoms with Gasteiger partial charge in [0.25, 0.3) is 5.91 Å². The van der Waals surface area contributed by atoms with Crippen molar-refractivity contribution in [3.05, 3.63) is 95.1 Å². The summed E-state index contributed by atoms with van der Waals surface area (Å²) in [6, 6.07) is 19.1. The maximum absolute atomic E-state index is 14.1. The molecule has 0 bridgehead atoms. The van der Waals surface area contributed by atoms with Crippen molar-refractivity contribution in [3.63, 3.8) is 0 Å². The molecule has 0 unspecified atom stereocenters. The van der Waals surface area contributed by atoms with Crippen molar-refractivity contribution in [1.29, 1.82) is 0 Å². The van der Waals surface area contributed by atoms with Crippen molar-refractivity contribution in [2.24, 2.45) is 0 Å². The first-order valence-corrected chi connectivity index (χ1v) is 11.2. The zero-order valence-corrected chi connectivity index (χ0v) is 18.9. The number of rotatable bonds is 6. The van der Waals surface area contributed by atoms with Gasteiger partial charge in [-0.05, 0) is 61.7 Å². The Bertz CT molecular complexity index is 1110. The minimum Gasteiger partial charge on any atom is -0.496 e. The van der Waals surface area contributed by atoms with E-state index >= 15 is 0 Å². The summed E-state index contributed by atoms with van der Waals surface area (Å²) < 4.78 is 33.6. The molecule has 1 amide bonds. The third-order valence-corrected chi connectivity index (χ3v) is 6.20. The number of ether oxygens (including phenoxy) is 1. The van der Waals surface area contributed by atoms with E-state index in [-0.39, 0.29) is 24.1 Å². The summed E-state index contributed by atoms with van der Waals surface area (Å²) in [5, 5.41) is 0. The molecule has 3 aromatic carbocycles. The van der Waals surface area contributed by atoms with Crippen LogP contribution in [0.4, 0.5) is 14.5 Å². The Morgan fingerprint density at radius 1 is 1.00 bits per heavy atom. The molecule has 172 valence electrons. The predicted molar refractivity (Wildman–Crippen MR) is 126 cm³/mol. The maximum Gasteiger partial charge on any atom is 0.262 e. The van der Waals surface area contributed by atoms with E-state index in [9.17, 15) is 13.6 Å². The second-order valence-corrected chi connectivity index (χ2v) is 8.42. The minimum atomic E-state index is -0.523. The van der Waals surface area contributed by atoms with Crippen molar-refractivity contribution in [2.75, 3.05) is 25.1 Å². The van der Waals surface area contributed by atoms with Gasteiger partial charge in [-0.3, -0.25) is 9.69 Å². The molecule has 0 aliphatic carbocycles. The maximum atomic E-state index is 14.1. The first-order valence-electron chi connectivity index (χ1n) is 11.2. The molecular weight excluding hydrogens is 422 g/mol. The van der Waals surface area contributed by atoms with Crippen LogP contribution in [0.1, 0.15) is 34.3 Å². The van der Waals surface area contributed by atoms with E-state index in [1.54, 1.807) is 19.2 Å². The fourth-order valence-electron chi connectivity index (χ4n) is 4.47. The molecule has 6 heteroatoms. The summed E-state index contributed by atoms with van der Waals surface area (Å²) in [6.45, 7) is 3.50. The van der Waals surface area contributed by atoms with Crippen LogP contribution in [0.25, 0.3) is 0 Å². The summed E-state index contributed by atoms with van der Waals surface area (Å²) in [4.78, 5) is 17.6. The highest BCUT2D eigenvalue weighted by molar-refractivity contribution is 6.08. The molecule has 0 N–H and O–H groups in total. The van der Waals surface area contributed by atoms with Crippen LogP contribution in [-0.4, -0.2) is 37.0 Å². The van der Waals surface area contributed by atoms with Gasteiger partial charge in [-0.2, -0.15) is 0 Å². The predicted octanol–water partition coefficient (Wildman–Crippen LogP) is 5.59. The molecule has 0 aromatic heterocycles. The topological polar surface area (TPSA) is 32.8 Å². The van der Waals surface area contributed by atoms with Crippen LogP contribution in [0.15, 0.2) is 66.7 Å². The standard InChI is InChI=1S/C27H28F2N2O2/c1-19-7-5-8-21(17-19)31(27(32)22-9-3-4-12-26(22)33-2)20-13-15-30(16-14-20)18-23-24(28)10-6-11-25(23)29/h3-12,17,20H,13-16,18H2,1-2H3. The van der Waals surface area contributed by atoms with E-state index in [0.29, 0.717) is 37.2 Å². The van der Waals surface area contributed by atoms with Crippen molar-refractivity contribution >= 4 is 11.6 Å². The molecule has 0 radical (unpaired) electrons. The first-order chi connectivity index (χ1) is 16.0. The fourth-order valence-corrected chi connectivity index (χ4v) is 4.47. The van der Waals surface area contributed by atoms with E-state index < -0.39 is 11.6 Å². The molecule has 1 aliphatic heterocycles. The van der Waals surface area contributed by atoms with E-state index in [1.165, 1.54) is 18.2 Å². The Balaban J connectivity index is 1.57. The summed E-state index contributed by atoms with van der Waals surface area (Å²) in [5.41, 5.74) is 2.51. The Hall–Kier alpha value is -3.25. The van der Waals surface area contributed by atoms with Crippen molar-refractivity contribution < 1.29 is 18.3 Å². The average Bonchev–Trinajstić information content (AvgIpc) is 2.82. The minimum absolute atomic E-state index is 0.0362. The third kappa shape index (κ3) is 5.06. The molecule has 1 heterocycles. The van der Waals surface area contributed by atoms with Crippen LogP contribution < -0.4 is 9.64 Å². The molecule has 0 atom stereocenters. The molecule has 1 fully saturated rings. The molecular formula is C27H28F2N2O2. The van der Waals surface area contributed by atoms with Gasteiger partial charge in [0.1, 0.15) is 17.4 Å². The van der Waals surface area contributed by atoms with E-state index in [1.807, 2.05) is 53.1 Å². The van der Waals surface area contributed by atoms with Gasteiger partial charge < -0.3 is 9.64 Å². The lowest BCUT2D eigenvalue weighted by Crippen LogP contribution is -2.47. The number of hydrogen-bond donors (Lipinski definition) is 0. The number of piperidine rings is 1. The zero-order valence-electron chi connectivity index (χ0n) is 18.9. The summed E-state index contributed by atoms with van der Waals surface area (Å²) in [6.07, 6.45) is 1.40. The SMILES string of the molecule is COc1ccccc1C(=O)N(c1cccc(C)c1)C1CCN(Cc2c(F)cccc2F)CC1. The quantitative estimate of drug-likeness (QED) is 0.491. The number of amides is 1. The molecule has 0 saturated carbocycles. The smallest absolute Gasteiger partial charge is 0.262 e. The lowest BCUT2D eigenvalue weighted by molar-refractivity contribution is 0.0955. The highest BCUT2D eigenvalue weighted by atomic mass is 19.1. The number of nitrogens with zero attached hydrogens (tertiary/aromatic N) is 2. The van der Waals surface area contributed by atoms with Gasteiger partial charge in [0, 0.05) is 36.9 Å². The van der Waals surface area contributed by atoms with Gasteiger partial charge in [0.15, 0.2) is 0 Å². The van der Waals surface area contributed by atoms with Crippen molar-refractivity contribution in [3.8, 4) is 5.75 Å². The lowest BCUT2D eigenvalue weighted by atomic mass is 9.99. The van der Waals surface area contributed by atoms with E-state index in [4.69, 9.17) is 4.74 Å². The Kier molecular flexibility index (Phi) is 7.04. The van der Waals surface area contributed by atoms with E-state index in [2.05, 4.69) is 0 Å². The van der Waals surface area contributed by atoms with Crippen molar-refractivity contribution in [1.82, 2.24) is 4.90 Å². The van der Waals surface area contributed by atoms with Gasteiger partial charge in [0.2, 0.25) is 0 Å². The van der Waals surface area contributed by atoms with Crippen LogP contribution in [-0.2, 0) is 6.54 Å². The molecule has 3 aromatic rings. The van der Waals surface area contributed by atoms with Crippen LogP contribution >= 0.6 is 0 Å². The Morgan fingerprint density at radius 3 is 2.33 bits per heavy atom. The monoisotopic (exact) mass is 450 g/mol. The zero-order chi connectivity index (χ0) is 23.4. The number of halogens is 2. The number of carbonyl (C=O) groups is 1. The highest BCUT2D eigenvalue weighted by Gasteiger charge is 2.31. The Morgan fingerprint density at radius 2 is 1.67 bits per heavy atom. The molecule has 1 saturated heterocycles. The van der Waals surface area contributed by atoms with Crippen molar-refractivity contribution in [2.45, 2.75) is 32.4 Å². The molecule has 0 spiro atoms. The van der Waals surface area contributed by atoms with Gasteiger partial charge in [-0.1, -0.05) is 30.3 Å². The third-order valence-electron chi connectivity index (χ3n) is 6.20. The molecule has 1 aliphatic rings. The number of para-hydroxylation sites is 1. The summed E-state index contributed by atoms with van der Waals surface area (Å²) in [7, 11) is 1.56. The summed E-state index contributed by atoms with van der Waals surface area (Å²) in [5.74, 6) is -0.626. The van der Waals surface area contributed by atoms with E-state index in [0.717, 1.165) is 11.3 Å². The molecule has 33 heavy (non-hydrogen) atoms. The fraction of sp³-hybridized carbons (Fsp3) is 0.296. The van der Waals surface area contributed by atoms with Gasteiger partial charge >= 0.3 is 0 Å². The van der Waals surface area contributed by atoms with Gasteiger partial charge in [-0.15, -0.1) is 0 Å². The normalized spacial score (nSPS) is 14.8. The number of aryl methyl sites for hydroxylation is 1. The van der Waals surface area contributed by atoms with Crippen LogP contribution in [0.2, 0.25) is 0 Å². The number of likely N-dealkylation sites (tertiary alicyclic amines) is 1. The van der Waals surface area contributed by atoms with Gasteiger partial charge in [-0.25, -0.2) is 8.78 Å². The van der Waals surface area contributed by atoms with Crippen LogP contribution in [0.5, 0.6) is 5.75 Å². The number of anilines is 1. The number of methoxy groups -OCH3 is 1. The van der Waals surface area contributed by atoms with Crippen LogP contribution in [0, 0.1) is 18.6 Å². The average molecular weight is 451 g/mol. The largest absolute Gasteiger partial charge is 0.496 e. The second kappa shape index (κ2) is 10.1. The first kappa shape index (κ1) is 22.9. The van der Waals surface area contributed by atoms with Gasteiger partial charge in [0.05, 0.1) is 12.7 Å². The number of hydrogen-bond acceptors (Lipinski definition) is 3. The second-order valence-electron chi connectivity index (χ2n) is 8.42. The number of benzene rings is 3. The Labute approximate surface area is 193 Å². The van der Waals surface area contributed by atoms with Crippen LogP contribution in [0.3, 0.4) is 0 Å². The molecule has 4 nitrogen and oxygen atoms in total.